The summed E-state index contributed by atoms with van der Waals surface area (Å²) >= 11 is 0. The van der Waals surface area contributed by atoms with Crippen molar-refractivity contribution in [2.45, 2.75) is 0 Å². The Kier molecular flexibility index (Phi) is 2.95. The first-order valence-electron chi connectivity index (χ1n) is 3.46. The van der Waals surface area contributed by atoms with Gasteiger partial charge in [0.1, 0.15) is 5.70 Å². The Labute approximate surface area is 71.0 Å². The second-order valence-corrected chi connectivity index (χ2v) is 2.07. The third-order valence-electron chi connectivity index (χ3n) is 1.25. The Morgan fingerprint density at radius 2 is 2.50 bits per heavy atom. The van der Waals surface area contributed by atoms with Crippen LogP contribution in [-0.2, 0) is 0 Å². The van der Waals surface area contributed by atoms with Crippen LogP contribution >= 0.6 is 0 Å². The van der Waals surface area contributed by atoms with Crippen LogP contribution in [0.1, 0.15) is 0 Å². The van der Waals surface area contributed by atoms with Crippen molar-refractivity contribution >= 4 is 18.6 Å². The predicted octanol–water partition coefficient (Wildman–Crippen LogP) is 1.08. The molecule has 1 heterocycles. The van der Waals surface area contributed by atoms with Crippen molar-refractivity contribution in [1.82, 2.24) is 9.78 Å². The van der Waals surface area contributed by atoms with Crippen LogP contribution in [0.3, 0.4) is 0 Å². The molecule has 0 saturated carbocycles. The van der Waals surface area contributed by atoms with E-state index in [0.717, 1.165) is 5.70 Å². The van der Waals surface area contributed by atoms with E-state index < -0.39 is 0 Å². The van der Waals surface area contributed by atoms with E-state index >= 15 is 0 Å². The number of aliphatic imine (C=N–C) groups is 2. The third-order valence-corrected chi connectivity index (χ3v) is 1.25. The van der Waals surface area contributed by atoms with E-state index in [0.29, 0.717) is 0 Å². The van der Waals surface area contributed by atoms with Crippen LogP contribution in [0.4, 0.5) is 0 Å². The van der Waals surface area contributed by atoms with Gasteiger partial charge in [-0.25, -0.2) is 4.68 Å². The summed E-state index contributed by atoms with van der Waals surface area (Å²) in [6.45, 7) is 3.36. The van der Waals surface area contributed by atoms with E-state index in [1.165, 1.54) is 0 Å². The number of allylic oxidation sites excluding steroid dienone is 1. The number of hydrogen-bond acceptors (Lipinski definition) is 3. The second-order valence-electron chi connectivity index (χ2n) is 2.07. The maximum atomic E-state index is 4.02. The van der Waals surface area contributed by atoms with Crippen LogP contribution in [0, 0.1) is 0 Å². The monoisotopic (exact) mass is 162 g/mol. The van der Waals surface area contributed by atoms with Crippen LogP contribution in [0.2, 0.25) is 0 Å². The lowest BCUT2D eigenvalue weighted by molar-refractivity contribution is 0.917. The van der Waals surface area contributed by atoms with Gasteiger partial charge < -0.3 is 0 Å². The second kappa shape index (κ2) is 4.23. The van der Waals surface area contributed by atoms with Crippen LogP contribution in [0.25, 0.3) is 5.70 Å². The van der Waals surface area contributed by atoms with Gasteiger partial charge in [0, 0.05) is 25.7 Å². The van der Waals surface area contributed by atoms with E-state index in [1.54, 1.807) is 30.3 Å². The first-order chi connectivity index (χ1) is 5.88. The summed E-state index contributed by atoms with van der Waals surface area (Å²) < 4.78 is 1.67. The largest absolute Gasteiger partial charge is 0.294 e. The van der Waals surface area contributed by atoms with Gasteiger partial charge in [-0.3, -0.25) is 9.98 Å². The maximum Gasteiger partial charge on any atom is 0.101 e. The normalized spacial score (nSPS) is 12.2. The lowest BCUT2D eigenvalue weighted by atomic mass is 10.5. The Morgan fingerprint density at radius 3 is 3.00 bits per heavy atom. The van der Waals surface area contributed by atoms with Gasteiger partial charge in [-0.05, 0) is 12.8 Å². The van der Waals surface area contributed by atoms with Gasteiger partial charge in [0.05, 0.1) is 6.20 Å². The average molecular weight is 162 g/mol. The van der Waals surface area contributed by atoms with Gasteiger partial charge in [0.15, 0.2) is 0 Å². The molecule has 62 valence electrons. The van der Waals surface area contributed by atoms with Crippen molar-refractivity contribution in [1.29, 1.82) is 0 Å². The summed E-state index contributed by atoms with van der Waals surface area (Å²) in [7, 11) is 1.69. The summed E-state index contributed by atoms with van der Waals surface area (Å²) in [5.74, 6) is 0. The van der Waals surface area contributed by atoms with E-state index in [9.17, 15) is 0 Å². The molecule has 0 aliphatic rings. The standard InChI is InChI=1S/C8H10N4/c1-9-6-8(7-10-2)12-5-3-4-11-12/h3-7H,1H2,2H3/b8-6+,10-7-. The first kappa shape index (κ1) is 8.39. The summed E-state index contributed by atoms with van der Waals surface area (Å²) in [4.78, 5) is 7.52. The highest BCUT2D eigenvalue weighted by molar-refractivity contribution is 6.01. The van der Waals surface area contributed by atoms with Gasteiger partial charge in [-0.15, -0.1) is 0 Å². The van der Waals surface area contributed by atoms with E-state index in [1.807, 2.05) is 12.3 Å². The fourth-order valence-electron chi connectivity index (χ4n) is 0.799. The Morgan fingerprint density at radius 1 is 1.67 bits per heavy atom. The molecule has 0 spiro atoms. The number of nitrogens with zero attached hydrogens (tertiary/aromatic N) is 4. The SMILES string of the molecule is C=N/C=C(\C=N/C)n1cccn1. The fourth-order valence-corrected chi connectivity index (χ4v) is 0.799. The third kappa shape index (κ3) is 1.88. The molecule has 1 aromatic rings. The molecular weight excluding hydrogens is 152 g/mol. The molecule has 0 saturated heterocycles. The van der Waals surface area contributed by atoms with Gasteiger partial charge in [0.2, 0.25) is 0 Å². The molecule has 0 aliphatic carbocycles. The minimum Gasteiger partial charge on any atom is -0.294 e. The van der Waals surface area contributed by atoms with E-state index in [2.05, 4.69) is 21.8 Å². The minimum absolute atomic E-state index is 0.789. The fraction of sp³-hybridized carbons (Fsp3) is 0.125. The van der Waals surface area contributed by atoms with E-state index in [4.69, 9.17) is 0 Å². The first-order valence-corrected chi connectivity index (χ1v) is 3.46. The molecule has 12 heavy (non-hydrogen) atoms. The van der Waals surface area contributed by atoms with Crippen LogP contribution in [0.15, 0.2) is 34.6 Å². The molecule has 0 fully saturated rings. The molecule has 0 radical (unpaired) electrons. The number of hydrogen-bond donors (Lipinski definition) is 0. The number of rotatable bonds is 3. The van der Waals surface area contributed by atoms with Gasteiger partial charge in [-0.2, -0.15) is 5.10 Å². The molecule has 1 rings (SSSR count). The predicted molar refractivity (Wildman–Crippen MR) is 50.5 cm³/mol. The zero-order valence-corrected chi connectivity index (χ0v) is 6.88. The Hall–Kier alpha value is -1.71. The summed E-state index contributed by atoms with van der Waals surface area (Å²) in [5.41, 5.74) is 0.789. The minimum atomic E-state index is 0.789. The molecule has 0 aromatic carbocycles. The molecule has 0 bridgehead atoms. The molecule has 1 aromatic heterocycles. The number of aromatic nitrogens is 2. The summed E-state index contributed by atoms with van der Waals surface area (Å²) in [6, 6.07) is 1.83. The topological polar surface area (TPSA) is 42.5 Å². The van der Waals surface area contributed by atoms with E-state index in [-0.39, 0.29) is 0 Å². The molecule has 4 heteroatoms. The van der Waals surface area contributed by atoms with Gasteiger partial charge in [0.25, 0.3) is 0 Å². The van der Waals surface area contributed by atoms with Crippen LogP contribution < -0.4 is 0 Å². The lowest BCUT2D eigenvalue weighted by Gasteiger charge is -1.97. The van der Waals surface area contributed by atoms with Crippen molar-refractivity contribution in [3.8, 4) is 0 Å². The summed E-state index contributed by atoms with van der Waals surface area (Å²) in [5, 5.41) is 4.02. The highest BCUT2D eigenvalue weighted by Crippen LogP contribution is 1.98. The zero-order valence-electron chi connectivity index (χ0n) is 6.88. The van der Waals surface area contributed by atoms with Crippen molar-refractivity contribution in [3.63, 3.8) is 0 Å². The molecule has 4 nitrogen and oxygen atoms in total. The van der Waals surface area contributed by atoms with Crippen molar-refractivity contribution < 1.29 is 0 Å². The Balaban J connectivity index is 2.95. The molecule has 0 N–H and O–H groups in total. The zero-order chi connectivity index (χ0) is 8.81. The van der Waals surface area contributed by atoms with Crippen molar-refractivity contribution in [2.24, 2.45) is 9.98 Å². The van der Waals surface area contributed by atoms with Crippen molar-refractivity contribution in [3.05, 3.63) is 24.7 Å². The molecule has 0 aliphatic heterocycles. The highest BCUT2D eigenvalue weighted by Gasteiger charge is 1.93. The lowest BCUT2D eigenvalue weighted by Crippen LogP contribution is -1.97. The maximum absolute atomic E-state index is 4.02. The smallest absolute Gasteiger partial charge is 0.101 e. The van der Waals surface area contributed by atoms with Gasteiger partial charge in [-0.1, -0.05) is 0 Å². The molecular formula is C8H10N4. The highest BCUT2D eigenvalue weighted by atomic mass is 15.3. The van der Waals surface area contributed by atoms with Crippen LogP contribution in [0.5, 0.6) is 0 Å². The average Bonchev–Trinajstić information content (AvgIpc) is 2.56. The van der Waals surface area contributed by atoms with Crippen LogP contribution in [-0.4, -0.2) is 29.8 Å². The molecule has 0 unspecified atom stereocenters. The quantitative estimate of drug-likeness (QED) is 0.613. The molecule has 0 amide bonds. The van der Waals surface area contributed by atoms with Gasteiger partial charge >= 0.3 is 0 Å². The molecule has 0 atom stereocenters. The summed E-state index contributed by atoms with van der Waals surface area (Å²) in [6.07, 6.45) is 6.78. The van der Waals surface area contributed by atoms with Crippen molar-refractivity contribution in [2.75, 3.05) is 7.05 Å². The Bertz CT molecular complexity index is 295.